The minimum atomic E-state index is -0.476. The lowest BCUT2D eigenvalue weighted by Gasteiger charge is -2.34. The van der Waals surface area contributed by atoms with Gasteiger partial charge in [0.25, 0.3) is 0 Å². The molecule has 15 rings (SSSR count). The average Bonchev–Trinajstić information content (AvgIpc) is 4.13. The Balaban J connectivity index is 0.797. The molecule has 1 aromatic heterocycles. The Kier molecular flexibility index (Phi) is 9.83. The van der Waals surface area contributed by atoms with Crippen LogP contribution in [0.25, 0.3) is 93.2 Å². The summed E-state index contributed by atoms with van der Waals surface area (Å²) in [7, 11) is 0. The molecule has 0 saturated carbocycles. The van der Waals surface area contributed by atoms with Gasteiger partial charge in [-0.2, -0.15) is 0 Å². The highest BCUT2D eigenvalue weighted by Gasteiger charge is 2.46. The van der Waals surface area contributed by atoms with Crippen LogP contribution in [0.2, 0.25) is 0 Å². The van der Waals surface area contributed by atoms with Gasteiger partial charge in [-0.25, -0.2) is 0 Å². The maximum absolute atomic E-state index is 2.47. The van der Waals surface area contributed by atoms with Gasteiger partial charge < -0.3 is 9.47 Å². The normalized spacial score (nSPS) is 12.6. The van der Waals surface area contributed by atoms with Gasteiger partial charge in [-0.3, -0.25) is 0 Å². The molecule has 14 aromatic rings. The number of para-hydroxylation sites is 1. The van der Waals surface area contributed by atoms with Gasteiger partial charge in [0.05, 0.1) is 22.1 Å². The van der Waals surface area contributed by atoms with E-state index in [4.69, 9.17) is 0 Å². The second-order valence-electron chi connectivity index (χ2n) is 20.0. The molecule has 0 N–H and O–H groups in total. The monoisotopic (exact) mass is 952 g/mol. The first-order chi connectivity index (χ1) is 37.2. The van der Waals surface area contributed by atoms with Crippen LogP contribution in [0.1, 0.15) is 22.3 Å². The highest BCUT2D eigenvalue weighted by molar-refractivity contribution is 6.15. The van der Waals surface area contributed by atoms with E-state index in [9.17, 15) is 0 Å². The van der Waals surface area contributed by atoms with E-state index in [1.165, 1.54) is 110 Å². The zero-order valence-corrected chi connectivity index (χ0v) is 41.1. The van der Waals surface area contributed by atoms with Gasteiger partial charge in [-0.05, 0) is 143 Å². The number of hydrogen-bond acceptors (Lipinski definition) is 1. The maximum atomic E-state index is 2.47. The van der Waals surface area contributed by atoms with Crippen LogP contribution in [-0.4, -0.2) is 4.57 Å². The van der Waals surface area contributed by atoms with Gasteiger partial charge in [-0.1, -0.05) is 231 Å². The van der Waals surface area contributed by atoms with Crippen LogP contribution in [0.15, 0.2) is 291 Å². The summed E-state index contributed by atoms with van der Waals surface area (Å²) in [5.74, 6) is 0. The van der Waals surface area contributed by atoms with Crippen LogP contribution in [0.5, 0.6) is 0 Å². The molecule has 0 saturated heterocycles. The molecule has 0 radical (unpaired) electrons. The molecule has 1 heterocycles. The molecule has 0 atom stereocenters. The maximum Gasteiger partial charge on any atom is 0.0714 e. The zero-order valence-electron chi connectivity index (χ0n) is 41.1. The Morgan fingerprint density at radius 1 is 0.280 bits per heavy atom. The fraction of sp³-hybridized carbons (Fsp3) is 0.0137. The van der Waals surface area contributed by atoms with Crippen molar-refractivity contribution in [3.05, 3.63) is 313 Å². The number of hydrogen-bond donors (Lipinski definition) is 0. The van der Waals surface area contributed by atoms with E-state index in [0.717, 1.165) is 22.7 Å². The van der Waals surface area contributed by atoms with E-state index in [0.29, 0.717) is 0 Å². The van der Waals surface area contributed by atoms with Crippen molar-refractivity contribution in [2.24, 2.45) is 0 Å². The smallest absolute Gasteiger partial charge is 0.0714 e. The molecule has 2 heteroatoms. The third-order valence-electron chi connectivity index (χ3n) is 16.0. The van der Waals surface area contributed by atoms with Gasteiger partial charge in [0.2, 0.25) is 0 Å². The number of aromatic nitrogens is 1. The number of fused-ring (bicyclic) bond motifs is 10. The molecule has 75 heavy (non-hydrogen) atoms. The Morgan fingerprint density at radius 2 is 0.813 bits per heavy atom. The molecule has 2 nitrogen and oxygen atoms in total. The van der Waals surface area contributed by atoms with Crippen molar-refractivity contribution in [2.45, 2.75) is 5.41 Å². The van der Waals surface area contributed by atoms with E-state index in [2.05, 4.69) is 301 Å². The topological polar surface area (TPSA) is 8.17 Å². The minimum absolute atomic E-state index is 0.476. The highest BCUT2D eigenvalue weighted by Crippen LogP contribution is 2.57. The van der Waals surface area contributed by atoms with Crippen LogP contribution < -0.4 is 4.90 Å². The highest BCUT2D eigenvalue weighted by atomic mass is 15.1. The molecule has 0 fully saturated rings. The largest absolute Gasteiger partial charge is 0.310 e. The average molecular weight is 953 g/mol. The third kappa shape index (κ3) is 6.73. The Labute approximate surface area is 436 Å². The van der Waals surface area contributed by atoms with Crippen molar-refractivity contribution in [1.29, 1.82) is 0 Å². The first-order valence-electron chi connectivity index (χ1n) is 26.0. The summed E-state index contributed by atoms with van der Waals surface area (Å²) in [4.78, 5) is 2.42. The third-order valence-corrected chi connectivity index (χ3v) is 16.0. The van der Waals surface area contributed by atoms with Crippen molar-refractivity contribution in [2.75, 3.05) is 4.90 Å². The number of nitrogens with zero attached hydrogens (tertiary/aromatic N) is 2. The van der Waals surface area contributed by atoms with Crippen LogP contribution >= 0.6 is 0 Å². The van der Waals surface area contributed by atoms with E-state index in [-0.39, 0.29) is 0 Å². The van der Waals surface area contributed by atoms with E-state index in [1.807, 2.05) is 0 Å². The minimum Gasteiger partial charge on any atom is -0.310 e. The second-order valence-corrected chi connectivity index (χ2v) is 20.0. The number of rotatable bonds is 8. The Morgan fingerprint density at radius 3 is 1.56 bits per heavy atom. The first-order valence-corrected chi connectivity index (χ1v) is 26.0. The molecule has 1 aliphatic rings. The van der Waals surface area contributed by atoms with Gasteiger partial charge in [0.1, 0.15) is 0 Å². The number of benzene rings is 13. The molecule has 0 bridgehead atoms. The Hall–Kier alpha value is -9.76. The summed E-state index contributed by atoms with van der Waals surface area (Å²) in [6, 6.07) is 108. The van der Waals surface area contributed by atoms with Gasteiger partial charge in [0, 0.05) is 33.2 Å². The summed E-state index contributed by atoms with van der Waals surface area (Å²) in [6.07, 6.45) is 0. The van der Waals surface area contributed by atoms with Gasteiger partial charge in [-0.15, -0.1) is 0 Å². The quantitative estimate of drug-likeness (QED) is 0.138. The molecule has 13 aromatic carbocycles. The molecular weight excluding hydrogens is 905 g/mol. The van der Waals surface area contributed by atoms with Crippen molar-refractivity contribution in [1.82, 2.24) is 4.57 Å². The van der Waals surface area contributed by atoms with E-state index < -0.39 is 5.41 Å². The molecular formula is C73H48N2. The summed E-state index contributed by atoms with van der Waals surface area (Å²) >= 11 is 0. The molecule has 0 spiro atoms. The molecule has 1 aliphatic carbocycles. The predicted molar refractivity (Wildman–Crippen MR) is 316 cm³/mol. The Bertz CT molecular complexity index is 4470. The molecule has 350 valence electrons. The summed E-state index contributed by atoms with van der Waals surface area (Å²) < 4.78 is 2.47. The van der Waals surface area contributed by atoms with Crippen LogP contribution in [0.4, 0.5) is 17.1 Å². The lowest BCUT2D eigenvalue weighted by Crippen LogP contribution is -2.28. The molecule has 0 amide bonds. The number of anilines is 3. The fourth-order valence-corrected chi connectivity index (χ4v) is 12.6. The lowest BCUT2D eigenvalue weighted by atomic mass is 9.67. The lowest BCUT2D eigenvalue weighted by molar-refractivity contribution is 0.767. The molecule has 0 aliphatic heterocycles. The first kappa shape index (κ1) is 42.9. The standard InChI is InChI=1S/C73H48N2/c1-3-20-56(21-4-1)73(57-22-5-2-6-23-57)68-29-15-13-26-63(68)64-43-42-60(48-69(64)73)75-70-30-16-14-28-66(70)67-46-54(38-44-71(67)75)52-33-31-50(32-34-52)51-35-39-58(40-36-51)74(59-41-37-49-17-7-8-18-53(49)45-59)72-47-55-19-9-10-24-61(55)62-25-11-12-27-65(62)72/h1-48H. The predicted octanol–water partition coefficient (Wildman–Crippen LogP) is 19.4. The summed E-state index contributed by atoms with van der Waals surface area (Å²) in [5, 5.41) is 9.86. The fourth-order valence-electron chi connectivity index (χ4n) is 12.6. The van der Waals surface area contributed by atoms with Crippen LogP contribution in [-0.2, 0) is 5.41 Å². The van der Waals surface area contributed by atoms with Gasteiger partial charge in [0.15, 0.2) is 0 Å². The van der Waals surface area contributed by atoms with Crippen LogP contribution in [0, 0.1) is 0 Å². The van der Waals surface area contributed by atoms with E-state index in [1.54, 1.807) is 0 Å². The van der Waals surface area contributed by atoms with Gasteiger partial charge >= 0.3 is 0 Å². The van der Waals surface area contributed by atoms with Crippen LogP contribution in [0.3, 0.4) is 0 Å². The summed E-state index contributed by atoms with van der Waals surface area (Å²) in [5.41, 5.74) is 18.9. The van der Waals surface area contributed by atoms with E-state index >= 15 is 0 Å². The molecule has 0 unspecified atom stereocenters. The summed E-state index contributed by atoms with van der Waals surface area (Å²) in [6.45, 7) is 0. The van der Waals surface area contributed by atoms with Crippen molar-refractivity contribution < 1.29 is 0 Å². The van der Waals surface area contributed by atoms with Crippen molar-refractivity contribution >= 4 is 71.2 Å². The van der Waals surface area contributed by atoms with Crippen molar-refractivity contribution in [3.63, 3.8) is 0 Å². The SMILES string of the molecule is c1ccc(C2(c3ccccc3)c3ccccc3-c3ccc(-n4c5ccccc5c5cc(-c6ccc(-c7ccc(N(c8ccc9ccccc9c8)c8cc9ccccc9c9ccccc89)cc7)cc6)ccc54)cc32)cc1. The second kappa shape index (κ2) is 17.2. The van der Waals surface area contributed by atoms with Crippen molar-refractivity contribution in [3.8, 4) is 39.1 Å². The zero-order chi connectivity index (χ0) is 49.5.